The van der Waals surface area contributed by atoms with Gasteiger partial charge in [-0.2, -0.15) is 0 Å². The van der Waals surface area contributed by atoms with E-state index in [4.69, 9.17) is 4.99 Å². The first-order chi connectivity index (χ1) is 14.4. The van der Waals surface area contributed by atoms with Crippen LogP contribution in [0.15, 0.2) is 29.3 Å². The van der Waals surface area contributed by atoms with Crippen LogP contribution in [0.25, 0.3) is 0 Å². The third-order valence-corrected chi connectivity index (χ3v) is 6.96. The molecule has 3 aromatic rings. The number of thiazole rings is 1. The van der Waals surface area contributed by atoms with E-state index in [9.17, 15) is 4.79 Å². The van der Waals surface area contributed by atoms with Crippen LogP contribution < -0.4 is 0 Å². The number of hydrogen-bond acceptors (Lipinski definition) is 5. The van der Waals surface area contributed by atoms with E-state index >= 15 is 0 Å². The largest absolute Gasteiger partial charge is 0.331 e. The molecule has 5 rings (SSSR count). The molecule has 0 saturated heterocycles. The number of aliphatic imine (C=N–C) groups is 1. The summed E-state index contributed by atoms with van der Waals surface area (Å²) in [7, 11) is 0. The molecule has 0 radical (unpaired) electrons. The van der Waals surface area contributed by atoms with Crippen LogP contribution in [0, 0.1) is 27.7 Å². The Morgan fingerprint density at radius 3 is 2.43 bits per heavy atom. The van der Waals surface area contributed by atoms with Gasteiger partial charge in [-0.05, 0) is 62.6 Å². The summed E-state index contributed by atoms with van der Waals surface area (Å²) in [4.78, 5) is 29.9. The van der Waals surface area contributed by atoms with Gasteiger partial charge in [-0.25, -0.2) is 4.98 Å². The van der Waals surface area contributed by atoms with E-state index in [-0.39, 0.29) is 5.91 Å². The summed E-state index contributed by atoms with van der Waals surface area (Å²) in [6.07, 6.45) is 0.453. The number of benzene rings is 1. The fraction of sp³-hybridized carbons (Fsp3) is 0.333. The Bertz CT molecular complexity index is 1180. The maximum Gasteiger partial charge on any atom is 0.227 e. The molecular formula is C24H24N4OS. The number of fused-ring (bicyclic) bond motifs is 2. The molecule has 2 aliphatic rings. The highest BCUT2D eigenvalue weighted by molar-refractivity contribution is 7.11. The Balaban J connectivity index is 1.46. The molecule has 0 N–H and O–H groups in total. The van der Waals surface area contributed by atoms with Crippen molar-refractivity contribution in [3.05, 3.63) is 79.0 Å². The molecule has 0 saturated carbocycles. The smallest absolute Gasteiger partial charge is 0.227 e. The van der Waals surface area contributed by atoms with E-state index in [1.807, 2.05) is 25.7 Å². The molecule has 0 fully saturated rings. The molecule has 2 aliphatic heterocycles. The Morgan fingerprint density at radius 2 is 1.73 bits per heavy atom. The summed E-state index contributed by atoms with van der Waals surface area (Å²) >= 11 is 1.68. The molecule has 6 heteroatoms. The zero-order chi connectivity index (χ0) is 21.0. The van der Waals surface area contributed by atoms with Gasteiger partial charge in [0.1, 0.15) is 5.01 Å². The van der Waals surface area contributed by atoms with Crippen LogP contribution in [0.2, 0.25) is 0 Å². The van der Waals surface area contributed by atoms with Crippen molar-refractivity contribution >= 4 is 23.0 Å². The normalized spacial score (nSPS) is 15.3. The molecular weight excluding hydrogens is 392 g/mol. The van der Waals surface area contributed by atoms with Crippen molar-refractivity contribution in [3.8, 4) is 0 Å². The lowest BCUT2D eigenvalue weighted by Gasteiger charge is -2.29. The highest BCUT2D eigenvalue weighted by Crippen LogP contribution is 2.31. The zero-order valence-electron chi connectivity index (χ0n) is 17.7. The van der Waals surface area contributed by atoms with Gasteiger partial charge in [-0.3, -0.25) is 14.8 Å². The van der Waals surface area contributed by atoms with Crippen molar-refractivity contribution in [3.63, 3.8) is 0 Å². The highest BCUT2D eigenvalue weighted by Gasteiger charge is 2.28. The van der Waals surface area contributed by atoms with E-state index < -0.39 is 0 Å². The van der Waals surface area contributed by atoms with Gasteiger partial charge in [-0.15, -0.1) is 11.3 Å². The standard InChI is InChI=1S/C24H24N4OS/c1-13-5-18(6-14(2)26-13)24-21-8-20-11-28(12-22-27-15(3)16(4)30-22)23(29)9-17(20)7-19(21)10-25-24/h5-8H,9-12H2,1-4H3. The SMILES string of the molecule is Cc1cc(C2=NCc3cc4c(cc32)CN(Cc2nc(C)c(C)s2)C(=O)C4)cc(C)n1. The van der Waals surface area contributed by atoms with Gasteiger partial charge in [0.05, 0.1) is 30.9 Å². The number of pyridine rings is 1. The quantitative estimate of drug-likeness (QED) is 0.643. The van der Waals surface area contributed by atoms with Crippen LogP contribution >= 0.6 is 11.3 Å². The number of aryl methyl sites for hydroxylation is 4. The topological polar surface area (TPSA) is 58.5 Å². The Morgan fingerprint density at radius 1 is 0.967 bits per heavy atom. The molecule has 5 nitrogen and oxygen atoms in total. The predicted octanol–water partition coefficient (Wildman–Crippen LogP) is 4.21. The number of amides is 1. The molecule has 4 heterocycles. The molecule has 0 aliphatic carbocycles. The van der Waals surface area contributed by atoms with Gasteiger partial charge in [0.15, 0.2) is 0 Å². The molecule has 152 valence electrons. The minimum absolute atomic E-state index is 0.174. The molecule has 2 aromatic heterocycles. The fourth-order valence-corrected chi connectivity index (χ4v) is 5.30. The first-order valence-electron chi connectivity index (χ1n) is 10.2. The van der Waals surface area contributed by atoms with Crippen molar-refractivity contribution in [1.29, 1.82) is 0 Å². The van der Waals surface area contributed by atoms with Gasteiger partial charge in [-0.1, -0.05) is 6.07 Å². The number of carbonyl (C=O) groups is 1. The fourth-order valence-electron chi connectivity index (χ4n) is 4.35. The van der Waals surface area contributed by atoms with Crippen molar-refractivity contribution in [2.45, 2.75) is 53.8 Å². The van der Waals surface area contributed by atoms with Crippen LogP contribution in [-0.4, -0.2) is 26.5 Å². The van der Waals surface area contributed by atoms with Crippen LogP contribution in [0.3, 0.4) is 0 Å². The van der Waals surface area contributed by atoms with E-state index in [2.05, 4.69) is 41.2 Å². The third-order valence-electron chi connectivity index (χ3n) is 5.90. The monoisotopic (exact) mass is 416 g/mol. The lowest BCUT2D eigenvalue weighted by Crippen LogP contribution is -2.35. The second kappa shape index (κ2) is 7.13. The molecule has 0 atom stereocenters. The average Bonchev–Trinajstić information content (AvgIpc) is 3.22. The lowest BCUT2D eigenvalue weighted by molar-refractivity contribution is -0.132. The Kier molecular flexibility index (Phi) is 4.54. The van der Waals surface area contributed by atoms with Crippen molar-refractivity contribution in [1.82, 2.24) is 14.9 Å². The van der Waals surface area contributed by atoms with E-state index in [1.54, 1.807) is 11.3 Å². The zero-order valence-corrected chi connectivity index (χ0v) is 18.6. The Labute approximate surface area is 180 Å². The number of hydrogen-bond donors (Lipinski definition) is 0. The Hall–Kier alpha value is -2.86. The van der Waals surface area contributed by atoms with Crippen molar-refractivity contribution in [2.24, 2.45) is 4.99 Å². The third kappa shape index (κ3) is 3.35. The van der Waals surface area contributed by atoms with Crippen LogP contribution in [0.4, 0.5) is 0 Å². The van der Waals surface area contributed by atoms with Gasteiger partial charge in [0.25, 0.3) is 0 Å². The first kappa shape index (κ1) is 19.1. The number of carbonyl (C=O) groups excluding carboxylic acids is 1. The molecule has 1 amide bonds. The number of nitrogens with zero attached hydrogens (tertiary/aromatic N) is 4. The highest BCUT2D eigenvalue weighted by atomic mass is 32.1. The van der Waals surface area contributed by atoms with E-state index in [0.717, 1.165) is 38.9 Å². The summed E-state index contributed by atoms with van der Waals surface area (Å²) < 4.78 is 0. The average molecular weight is 417 g/mol. The molecule has 1 aromatic carbocycles. The van der Waals surface area contributed by atoms with Crippen LogP contribution in [-0.2, 0) is 30.8 Å². The van der Waals surface area contributed by atoms with E-state index in [1.165, 1.54) is 21.6 Å². The summed E-state index contributed by atoms with van der Waals surface area (Å²) in [5.74, 6) is 0.174. The molecule has 0 spiro atoms. The number of rotatable bonds is 3. The predicted molar refractivity (Wildman–Crippen MR) is 119 cm³/mol. The second-order valence-corrected chi connectivity index (χ2v) is 9.55. The summed E-state index contributed by atoms with van der Waals surface area (Å²) in [6.45, 7) is 10.0. The lowest BCUT2D eigenvalue weighted by atomic mass is 9.91. The number of aromatic nitrogens is 2. The van der Waals surface area contributed by atoms with Gasteiger partial charge in [0, 0.05) is 33.9 Å². The maximum absolute atomic E-state index is 12.8. The summed E-state index contributed by atoms with van der Waals surface area (Å²) in [5, 5.41) is 1.01. The molecule has 0 bridgehead atoms. The van der Waals surface area contributed by atoms with Gasteiger partial charge in [0.2, 0.25) is 5.91 Å². The minimum atomic E-state index is 0.174. The van der Waals surface area contributed by atoms with Gasteiger partial charge < -0.3 is 4.90 Å². The van der Waals surface area contributed by atoms with Crippen LogP contribution in [0.1, 0.15) is 54.8 Å². The first-order valence-corrected chi connectivity index (χ1v) is 11.0. The minimum Gasteiger partial charge on any atom is -0.331 e. The van der Waals surface area contributed by atoms with Crippen LogP contribution in [0.5, 0.6) is 0 Å². The summed E-state index contributed by atoms with van der Waals surface area (Å²) in [5.41, 5.74) is 9.98. The van der Waals surface area contributed by atoms with Crippen molar-refractivity contribution in [2.75, 3.05) is 0 Å². The second-order valence-electron chi connectivity index (χ2n) is 8.26. The molecule has 30 heavy (non-hydrogen) atoms. The summed E-state index contributed by atoms with van der Waals surface area (Å²) in [6, 6.07) is 8.64. The maximum atomic E-state index is 12.8. The van der Waals surface area contributed by atoms with E-state index in [0.29, 0.717) is 26.1 Å². The van der Waals surface area contributed by atoms with Gasteiger partial charge >= 0.3 is 0 Å². The molecule has 0 unspecified atom stereocenters. The van der Waals surface area contributed by atoms with Crippen molar-refractivity contribution < 1.29 is 4.79 Å².